The average Bonchev–Trinajstić information content (AvgIpc) is 3.20. The van der Waals surface area contributed by atoms with Crippen LogP contribution >= 0.6 is 0 Å². The van der Waals surface area contributed by atoms with Gasteiger partial charge in [-0.15, -0.1) is 0 Å². The van der Waals surface area contributed by atoms with E-state index in [1.54, 1.807) is 0 Å². The molecule has 0 radical (unpaired) electrons. The zero-order valence-electron chi connectivity index (χ0n) is 12.7. The van der Waals surface area contributed by atoms with Crippen molar-refractivity contribution in [3.63, 3.8) is 0 Å². The Morgan fingerprint density at radius 1 is 1.13 bits per heavy atom. The minimum Gasteiger partial charge on any atom is -0.363 e. The van der Waals surface area contributed by atoms with E-state index in [2.05, 4.69) is 53.4 Å². The van der Waals surface area contributed by atoms with E-state index in [0.717, 1.165) is 5.52 Å². The van der Waals surface area contributed by atoms with Crippen LogP contribution in [-0.4, -0.2) is 39.4 Å². The van der Waals surface area contributed by atoms with Crippen molar-refractivity contribution in [3.05, 3.63) is 36.0 Å². The maximum atomic E-state index is 4.69. The van der Waals surface area contributed by atoms with Crippen LogP contribution in [-0.2, 0) is 6.54 Å². The summed E-state index contributed by atoms with van der Waals surface area (Å²) in [6, 6.07) is 8.23. The number of fused-ring (bicyclic) bond motifs is 2. The van der Waals surface area contributed by atoms with Crippen molar-refractivity contribution < 1.29 is 4.63 Å². The molecule has 2 N–H and O–H groups in total. The summed E-state index contributed by atoms with van der Waals surface area (Å²) in [6.07, 6.45) is 1.94. The summed E-state index contributed by atoms with van der Waals surface area (Å²) < 4.78 is 4.69. The molecule has 0 aliphatic rings. The molecule has 0 saturated carbocycles. The van der Waals surface area contributed by atoms with Crippen LogP contribution in [0.4, 0.5) is 11.6 Å². The van der Waals surface area contributed by atoms with E-state index >= 15 is 0 Å². The summed E-state index contributed by atoms with van der Waals surface area (Å²) in [5, 5.41) is 12.0. The predicted octanol–water partition coefficient (Wildman–Crippen LogP) is 2.17. The number of benzene rings is 1. The Bertz CT molecular complexity index is 972. The molecule has 23 heavy (non-hydrogen) atoms. The maximum Gasteiger partial charge on any atom is 0.245 e. The second kappa shape index (κ2) is 5.24. The first kappa shape index (κ1) is 13.5. The molecule has 3 heterocycles. The molecule has 8 nitrogen and oxygen atoms in total. The molecule has 8 heteroatoms. The van der Waals surface area contributed by atoms with Crippen LogP contribution in [0, 0.1) is 0 Å². The van der Waals surface area contributed by atoms with Gasteiger partial charge in [-0.1, -0.05) is 12.1 Å². The van der Waals surface area contributed by atoms with Crippen LogP contribution in [0.1, 0.15) is 5.56 Å². The van der Waals surface area contributed by atoms with Crippen LogP contribution in [0.25, 0.3) is 22.2 Å². The number of aromatic nitrogens is 5. The summed E-state index contributed by atoms with van der Waals surface area (Å²) in [5.74, 6) is 1.33. The van der Waals surface area contributed by atoms with E-state index in [4.69, 9.17) is 0 Å². The number of hydrogen-bond donors (Lipinski definition) is 2. The minimum absolute atomic E-state index is 0.387. The smallest absolute Gasteiger partial charge is 0.245 e. The van der Waals surface area contributed by atoms with Crippen molar-refractivity contribution in [2.24, 2.45) is 0 Å². The molecular formula is C15H15N7O. The third kappa shape index (κ3) is 2.33. The SMILES string of the molecule is CN(C)c1nc2nonc2nc1NCc1cccc2[nH]ccc12. The van der Waals surface area contributed by atoms with Crippen LogP contribution in [0.3, 0.4) is 0 Å². The van der Waals surface area contributed by atoms with Crippen molar-refractivity contribution >= 4 is 33.8 Å². The Morgan fingerprint density at radius 3 is 2.78 bits per heavy atom. The van der Waals surface area contributed by atoms with Gasteiger partial charge in [0, 0.05) is 37.7 Å². The van der Waals surface area contributed by atoms with Gasteiger partial charge in [-0.2, -0.15) is 0 Å². The molecule has 0 saturated heterocycles. The van der Waals surface area contributed by atoms with Gasteiger partial charge in [-0.05, 0) is 28.0 Å². The molecule has 0 fully saturated rings. The van der Waals surface area contributed by atoms with Crippen molar-refractivity contribution in [2.75, 3.05) is 24.3 Å². The topological polar surface area (TPSA) is 95.8 Å². The number of H-pyrrole nitrogens is 1. The Hall–Kier alpha value is -3.16. The normalized spacial score (nSPS) is 11.2. The van der Waals surface area contributed by atoms with Gasteiger partial charge in [0.2, 0.25) is 11.3 Å². The van der Waals surface area contributed by atoms with Crippen molar-refractivity contribution in [1.29, 1.82) is 0 Å². The number of rotatable bonds is 4. The number of nitrogens with zero attached hydrogens (tertiary/aromatic N) is 5. The highest BCUT2D eigenvalue weighted by atomic mass is 16.6. The van der Waals surface area contributed by atoms with Crippen LogP contribution in [0.5, 0.6) is 0 Å². The van der Waals surface area contributed by atoms with E-state index in [-0.39, 0.29) is 0 Å². The zero-order valence-corrected chi connectivity index (χ0v) is 12.7. The van der Waals surface area contributed by atoms with E-state index < -0.39 is 0 Å². The Morgan fingerprint density at radius 2 is 1.96 bits per heavy atom. The molecule has 0 aliphatic carbocycles. The third-order valence-electron chi connectivity index (χ3n) is 3.65. The lowest BCUT2D eigenvalue weighted by molar-refractivity contribution is 0.314. The molecule has 1 aromatic carbocycles. The van der Waals surface area contributed by atoms with Gasteiger partial charge in [-0.3, -0.25) is 0 Å². The van der Waals surface area contributed by atoms with Crippen molar-refractivity contribution in [3.8, 4) is 0 Å². The van der Waals surface area contributed by atoms with Crippen LogP contribution < -0.4 is 10.2 Å². The van der Waals surface area contributed by atoms with Crippen LogP contribution in [0.15, 0.2) is 35.1 Å². The second-order valence-electron chi connectivity index (χ2n) is 5.41. The highest BCUT2D eigenvalue weighted by molar-refractivity contribution is 5.83. The number of nitrogens with one attached hydrogen (secondary N) is 2. The number of anilines is 2. The fourth-order valence-electron chi connectivity index (χ4n) is 2.54. The highest BCUT2D eigenvalue weighted by Gasteiger charge is 2.14. The molecule has 116 valence electrons. The lowest BCUT2D eigenvalue weighted by Crippen LogP contribution is -2.15. The highest BCUT2D eigenvalue weighted by Crippen LogP contribution is 2.24. The molecule has 0 bridgehead atoms. The summed E-state index contributed by atoms with van der Waals surface area (Å²) in [5.41, 5.74) is 3.07. The quantitative estimate of drug-likeness (QED) is 0.596. The summed E-state index contributed by atoms with van der Waals surface area (Å²) in [6.45, 7) is 0.626. The number of hydrogen-bond acceptors (Lipinski definition) is 7. The molecule has 0 aliphatic heterocycles. The molecule has 3 aromatic heterocycles. The fraction of sp³-hybridized carbons (Fsp3) is 0.200. The first-order chi connectivity index (χ1) is 11.2. The lowest BCUT2D eigenvalue weighted by atomic mass is 10.1. The zero-order chi connectivity index (χ0) is 15.8. The Balaban J connectivity index is 1.69. The van der Waals surface area contributed by atoms with Gasteiger partial charge in [0.15, 0.2) is 11.6 Å². The summed E-state index contributed by atoms with van der Waals surface area (Å²) in [7, 11) is 3.81. The third-order valence-corrected chi connectivity index (χ3v) is 3.65. The van der Waals surface area contributed by atoms with Gasteiger partial charge in [0.1, 0.15) is 0 Å². The van der Waals surface area contributed by atoms with Crippen molar-refractivity contribution in [1.82, 2.24) is 25.3 Å². The van der Waals surface area contributed by atoms with E-state index in [1.165, 1.54) is 10.9 Å². The maximum absolute atomic E-state index is 4.69. The Kier molecular flexibility index (Phi) is 3.07. The van der Waals surface area contributed by atoms with E-state index in [1.807, 2.05) is 31.3 Å². The predicted molar refractivity (Wildman–Crippen MR) is 87.3 cm³/mol. The molecule has 4 aromatic rings. The van der Waals surface area contributed by atoms with Gasteiger partial charge in [0.05, 0.1) is 0 Å². The Labute approximate surface area is 131 Å². The minimum atomic E-state index is 0.387. The van der Waals surface area contributed by atoms with Crippen molar-refractivity contribution in [2.45, 2.75) is 6.54 Å². The first-order valence-electron chi connectivity index (χ1n) is 7.19. The van der Waals surface area contributed by atoms with E-state index in [0.29, 0.717) is 29.5 Å². The molecular weight excluding hydrogens is 294 g/mol. The summed E-state index contributed by atoms with van der Waals surface area (Å²) in [4.78, 5) is 14.0. The van der Waals surface area contributed by atoms with Gasteiger partial charge in [-0.25, -0.2) is 14.6 Å². The molecule has 0 unspecified atom stereocenters. The molecule has 0 amide bonds. The van der Waals surface area contributed by atoms with E-state index in [9.17, 15) is 0 Å². The van der Waals surface area contributed by atoms with Gasteiger partial charge >= 0.3 is 0 Å². The first-order valence-corrected chi connectivity index (χ1v) is 7.19. The molecule has 0 spiro atoms. The number of aromatic amines is 1. The van der Waals surface area contributed by atoms with Crippen LogP contribution in [0.2, 0.25) is 0 Å². The fourth-order valence-corrected chi connectivity index (χ4v) is 2.54. The standard InChI is InChI=1S/C15H15N7O/c1-22(2)15-14(18-12-13(19-15)21-23-20-12)17-8-9-4-3-5-11-10(9)6-7-16-11/h3-7,16H,8H2,1-2H3,(H,17,18,20). The second-order valence-corrected chi connectivity index (χ2v) is 5.41. The largest absolute Gasteiger partial charge is 0.363 e. The molecule has 0 atom stereocenters. The molecule has 4 rings (SSSR count). The lowest BCUT2D eigenvalue weighted by Gasteiger charge is -2.16. The van der Waals surface area contributed by atoms with Gasteiger partial charge in [0.25, 0.3) is 0 Å². The average molecular weight is 309 g/mol. The van der Waals surface area contributed by atoms with Gasteiger partial charge < -0.3 is 15.2 Å². The summed E-state index contributed by atoms with van der Waals surface area (Å²) >= 11 is 0. The monoisotopic (exact) mass is 309 g/mol.